The summed E-state index contributed by atoms with van der Waals surface area (Å²) in [5.74, 6) is 1.25. The molecule has 0 bridgehead atoms. The topological polar surface area (TPSA) is 49.0 Å². The molecule has 5 heteroatoms. The van der Waals surface area contributed by atoms with Gasteiger partial charge in [0.05, 0.1) is 24.2 Å². The quantitative estimate of drug-likeness (QED) is 0.844. The summed E-state index contributed by atoms with van der Waals surface area (Å²) >= 11 is 5.71. The van der Waals surface area contributed by atoms with E-state index in [-0.39, 0.29) is 5.91 Å². The van der Waals surface area contributed by atoms with Gasteiger partial charge in [0.15, 0.2) is 0 Å². The number of rotatable bonds is 2. The number of anilines is 1. The van der Waals surface area contributed by atoms with Crippen LogP contribution < -0.4 is 4.90 Å². The first-order chi connectivity index (χ1) is 8.69. The molecule has 0 radical (unpaired) electrons. The third-order valence-electron chi connectivity index (χ3n) is 3.22. The molecule has 3 rings (SSSR count). The molecule has 1 aromatic carbocycles. The molecule has 2 heterocycles. The molecule has 1 aliphatic heterocycles. The minimum Gasteiger partial charge on any atom is -0.341 e. The van der Waals surface area contributed by atoms with Crippen molar-refractivity contribution in [3.05, 3.63) is 35.8 Å². The number of benzene rings is 1. The molecule has 1 amide bonds. The van der Waals surface area contributed by atoms with E-state index < -0.39 is 0 Å². The van der Waals surface area contributed by atoms with Gasteiger partial charge in [-0.1, -0.05) is 6.07 Å². The van der Waals surface area contributed by atoms with Crippen LogP contribution in [0.5, 0.6) is 0 Å². The van der Waals surface area contributed by atoms with Crippen LogP contribution in [0.3, 0.4) is 0 Å². The number of carbonyl (C=O) groups is 1. The Morgan fingerprint density at radius 1 is 1.50 bits per heavy atom. The minimum absolute atomic E-state index is 0.133. The Morgan fingerprint density at radius 3 is 3.06 bits per heavy atom. The second-order valence-electron chi connectivity index (χ2n) is 4.35. The molecule has 1 aliphatic rings. The third kappa shape index (κ3) is 1.69. The van der Waals surface area contributed by atoms with Crippen LogP contribution in [0, 0.1) is 0 Å². The Morgan fingerprint density at radius 2 is 2.33 bits per heavy atom. The Hall–Kier alpha value is -1.81. The maximum atomic E-state index is 11.6. The van der Waals surface area contributed by atoms with Gasteiger partial charge in [-0.3, -0.25) is 4.79 Å². The highest BCUT2D eigenvalue weighted by Gasteiger charge is 2.24. The van der Waals surface area contributed by atoms with Crippen molar-refractivity contribution in [2.45, 2.75) is 12.3 Å². The van der Waals surface area contributed by atoms with E-state index in [1.807, 2.05) is 18.2 Å². The smallest absolute Gasteiger partial charge is 0.231 e. The van der Waals surface area contributed by atoms with Gasteiger partial charge in [0.25, 0.3) is 0 Å². The Balaban J connectivity index is 2.01. The number of nitrogens with one attached hydrogen (secondary N) is 1. The van der Waals surface area contributed by atoms with Crippen molar-refractivity contribution in [1.29, 1.82) is 0 Å². The number of amides is 1. The van der Waals surface area contributed by atoms with Crippen LogP contribution in [0.1, 0.15) is 11.4 Å². The molecule has 0 spiro atoms. The number of fused-ring (bicyclic) bond motifs is 1. The first kappa shape index (κ1) is 11.3. The SMILES string of the molecule is CN1C(=O)Cc2cc(-c3cnc(CCl)[nH]3)ccc21. The fourth-order valence-corrected chi connectivity index (χ4v) is 2.35. The van der Waals surface area contributed by atoms with Gasteiger partial charge < -0.3 is 9.88 Å². The van der Waals surface area contributed by atoms with Gasteiger partial charge in [-0.05, 0) is 23.3 Å². The summed E-state index contributed by atoms with van der Waals surface area (Å²) < 4.78 is 0. The predicted molar refractivity (Wildman–Crippen MR) is 70.7 cm³/mol. The molecular formula is C13H12ClN3O. The molecule has 18 heavy (non-hydrogen) atoms. The number of hydrogen-bond acceptors (Lipinski definition) is 2. The molecule has 1 N–H and O–H groups in total. The van der Waals surface area contributed by atoms with Crippen molar-refractivity contribution in [1.82, 2.24) is 9.97 Å². The van der Waals surface area contributed by atoms with Gasteiger partial charge in [0.1, 0.15) is 5.82 Å². The monoisotopic (exact) mass is 261 g/mol. The van der Waals surface area contributed by atoms with E-state index in [9.17, 15) is 4.79 Å². The standard InChI is InChI=1S/C13H12ClN3O/c1-17-11-3-2-8(4-9(11)5-13(17)18)10-7-15-12(6-14)16-10/h2-4,7H,5-6H2,1H3,(H,15,16). The number of halogens is 1. The third-order valence-corrected chi connectivity index (χ3v) is 3.48. The normalized spacial score (nSPS) is 14.1. The van der Waals surface area contributed by atoms with Gasteiger partial charge in [-0.2, -0.15) is 0 Å². The van der Waals surface area contributed by atoms with Crippen LogP contribution in [0.25, 0.3) is 11.3 Å². The second kappa shape index (κ2) is 4.14. The van der Waals surface area contributed by atoms with Gasteiger partial charge >= 0.3 is 0 Å². The summed E-state index contributed by atoms with van der Waals surface area (Å²) in [6.07, 6.45) is 2.23. The number of hydrogen-bond donors (Lipinski definition) is 1. The maximum absolute atomic E-state index is 11.6. The van der Waals surface area contributed by atoms with Gasteiger partial charge in [-0.25, -0.2) is 4.98 Å². The number of imidazole rings is 1. The summed E-state index contributed by atoms with van der Waals surface area (Å²) in [5.41, 5.74) is 4.00. The molecule has 0 saturated heterocycles. The minimum atomic E-state index is 0.133. The van der Waals surface area contributed by atoms with E-state index in [1.54, 1.807) is 18.1 Å². The molecule has 2 aromatic rings. The zero-order chi connectivity index (χ0) is 12.7. The van der Waals surface area contributed by atoms with Crippen molar-refractivity contribution in [3.63, 3.8) is 0 Å². The molecular weight excluding hydrogens is 250 g/mol. The molecule has 0 atom stereocenters. The van der Waals surface area contributed by atoms with Gasteiger partial charge in [0.2, 0.25) is 5.91 Å². The Kier molecular flexibility index (Phi) is 2.59. The predicted octanol–water partition coefficient (Wildman–Crippen LogP) is 2.33. The zero-order valence-corrected chi connectivity index (χ0v) is 10.7. The number of nitrogens with zero attached hydrogens (tertiary/aromatic N) is 2. The number of aromatic amines is 1. The molecule has 4 nitrogen and oxygen atoms in total. The first-order valence-electron chi connectivity index (χ1n) is 5.68. The fourth-order valence-electron chi connectivity index (χ4n) is 2.21. The molecule has 0 unspecified atom stereocenters. The number of alkyl halides is 1. The summed E-state index contributed by atoms with van der Waals surface area (Å²) in [6, 6.07) is 5.98. The number of H-pyrrole nitrogens is 1. The van der Waals surface area contributed by atoms with Crippen molar-refractivity contribution < 1.29 is 4.79 Å². The van der Waals surface area contributed by atoms with E-state index in [4.69, 9.17) is 11.6 Å². The molecule has 0 fully saturated rings. The Bertz CT molecular complexity index is 620. The van der Waals surface area contributed by atoms with Crippen LogP contribution in [0.2, 0.25) is 0 Å². The zero-order valence-electron chi connectivity index (χ0n) is 9.90. The Labute approximate surface area is 110 Å². The van der Waals surface area contributed by atoms with Crippen molar-refractivity contribution in [3.8, 4) is 11.3 Å². The highest BCUT2D eigenvalue weighted by Crippen LogP contribution is 2.31. The highest BCUT2D eigenvalue weighted by molar-refractivity contribution is 6.16. The summed E-state index contributed by atoms with van der Waals surface area (Å²) in [6.45, 7) is 0. The summed E-state index contributed by atoms with van der Waals surface area (Å²) in [5, 5.41) is 0. The summed E-state index contributed by atoms with van der Waals surface area (Å²) in [4.78, 5) is 20.6. The molecule has 0 saturated carbocycles. The van der Waals surface area contributed by atoms with Crippen molar-refractivity contribution in [2.24, 2.45) is 0 Å². The van der Waals surface area contributed by atoms with Crippen LogP contribution in [-0.4, -0.2) is 22.9 Å². The van der Waals surface area contributed by atoms with E-state index >= 15 is 0 Å². The maximum Gasteiger partial charge on any atom is 0.231 e. The number of aromatic nitrogens is 2. The van der Waals surface area contributed by atoms with Gasteiger partial charge in [0, 0.05) is 12.7 Å². The van der Waals surface area contributed by atoms with E-state index in [1.165, 1.54) is 0 Å². The lowest BCUT2D eigenvalue weighted by Gasteiger charge is -2.10. The lowest BCUT2D eigenvalue weighted by molar-refractivity contribution is -0.117. The fraction of sp³-hybridized carbons (Fsp3) is 0.231. The van der Waals surface area contributed by atoms with E-state index in [2.05, 4.69) is 9.97 Å². The lowest BCUT2D eigenvalue weighted by Crippen LogP contribution is -2.20. The van der Waals surface area contributed by atoms with Crippen LogP contribution >= 0.6 is 11.6 Å². The first-order valence-corrected chi connectivity index (χ1v) is 6.22. The largest absolute Gasteiger partial charge is 0.341 e. The highest BCUT2D eigenvalue weighted by atomic mass is 35.5. The molecule has 0 aliphatic carbocycles. The molecule has 92 valence electrons. The summed E-state index contributed by atoms with van der Waals surface area (Å²) in [7, 11) is 1.80. The van der Waals surface area contributed by atoms with E-state index in [0.29, 0.717) is 12.3 Å². The second-order valence-corrected chi connectivity index (χ2v) is 4.62. The number of carbonyl (C=O) groups excluding carboxylic acids is 1. The van der Waals surface area contributed by atoms with Gasteiger partial charge in [-0.15, -0.1) is 11.6 Å². The average Bonchev–Trinajstić information content (AvgIpc) is 2.95. The average molecular weight is 262 g/mol. The van der Waals surface area contributed by atoms with Crippen LogP contribution in [-0.2, 0) is 17.1 Å². The van der Waals surface area contributed by atoms with Crippen LogP contribution in [0.4, 0.5) is 5.69 Å². The van der Waals surface area contributed by atoms with Crippen LogP contribution in [0.15, 0.2) is 24.4 Å². The number of likely N-dealkylation sites (N-methyl/N-ethyl adjacent to an activating group) is 1. The van der Waals surface area contributed by atoms with Crippen molar-refractivity contribution >= 4 is 23.2 Å². The van der Waals surface area contributed by atoms with E-state index in [0.717, 1.165) is 28.3 Å². The van der Waals surface area contributed by atoms with Crippen molar-refractivity contribution in [2.75, 3.05) is 11.9 Å². The molecule has 1 aromatic heterocycles. The lowest BCUT2D eigenvalue weighted by atomic mass is 10.1.